The van der Waals surface area contributed by atoms with Gasteiger partial charge in [0.1, 0.15) is 11.8 Å². The normalized spacial score (nSPS) is 10.2. The smallest absolute Gasteiger partial charge is 0.311 e. The van der Waals surface area contributed by atoms with E-state index in [1.807, 2.05) is 6.07 Å². The summed E-state index contributed by atoms with van der Waals surface area (Å²) in [6.45, 7) is -0.0925. The molecule has 0 bridgehead atoms. The third-order valence-corrected chi connectivity index (χ3v) is 3.64. The molecule has 2 heterocycles. The minimum atomic E-state index is -0.537. The Morgan fingerprint density at radius 1 is 1.19 bits per heavy atom. The number of hydrogen-bond acceptors (Lipinski definition) is 7. The van der Waals surface area contributed by atoms with E-state index in [0.29, 0.717) is 22.6 Å². The molecule has 2 N–H and O–H groups in total. The number of pyridine rings is 2. The lowest BCUT2D eigenvalue weighted by molar-refractivity contribution is -0.384. The summed E-state index contributed by atoms with van der Waals surface area (Å²) in [7, 11) is 0. The molecule has 3 aromatic rings. The van der Waals surface area contributed by atoms with E-state index in [1.54, 1.807) is 36.4 Å². The van der Waals surface area contributed by atoms with E-state index in [4.69, 9.17) is 5.11 Å². The van der Waals surface area contributed by atoms with Crippen molar-refractivity contribution in [2.45, 2.75) is 6.61 Å². The van der Waals surface area contributed by atoms with Crippen LogP contribution in [-0.2, 0) is 6.61 Å². The zero-order valence-corrected chi connectivity index (χ0v) is 13.5. The Labute approximate surface area is 148 Å². The topological polar surface area (TPSA) is 125 Å². The van der Waals surface area contributed by atoms with Gasteiger partial charge < -0.3 is 10.4 Å². The lowest BCUT2D eigenvalue weighted by Gasteiger charge is -2.09. The molecule has 8 nitrogen and oxygen atoms in total. The average molecular weight is 347 g/mol. The number of aliphatic hydroxyl groups excluding tert-OH is 1. The summed E-state index contributed by atoms with van der Waals surface area (Å²) in [5.41, 5.74) is 2.13. The SMILES string of the molecule is N#Cc1cccnc1-c1ccc([N+](=O)[O-])c(Nc2ccc(CO)cc2)n1. The molecule has 0 unspecified atom stereocenters. The minimum Gasteiger partial charge on any atom is -0.392 e. The second-order valence-electron chi connectivity index (χ2n) is 5.31. The van der Waals surface area contributed by atoms with Crippen molar-refractivity contribution in [2.24, 2.45) is 0 Å². The maximum absolute atomic E-state index is 11.3. The molecular formula is C18H13N5O3. The molecule has 26 heavy (non-hydrogen) atoms. The number of aromatic nitrogens is 2. The molecule has 0 aliphatic rings. The highest BCUT2D eigenvalue weighted by molar-refractivity contribution is 5.71. The monoisotopic (exact) mass is 347 g/mol. The highest BCUT2D eigenvalue weighted by atomic mass is 16.6. The summed E-state index contributed by atoms with van der Waals surface area (Å²) in [4.78, 5) is 19.2. The molecule has 0 aliphatic heterocycles. The molecule has 0 aliphatic carbocycles. The Hall–Kier alpha value is -3.83. The molecule has 0 saturated carbocycles. The Morgan fingerprint density at radius 3 is 2.62 bits per heavy atom. The van der Waals surface area contributed by atoms with Crippen molar-refractivity contribution in [2.75, 3.05) is 5.32 Å². The fourth-order valence-electron chi connectivity index (χ4n) is 2.35. The van der Waals surface area contributed by atoms with E-state index < -0.39 is 4.92 Å². The van der Waals surface area contributed by atoms with Gasteiger partial charge in [0, 0.05) is 18.0 Å². The molecule has 128 valence electrons. The number of aliphatic hydroxyl groups is 1. The van der Waals surface area contributed by atoms with Crippen molar-refractivity contribution in [1.29, 1.82) is 5.26 Å². The van der Waals surface area contributed by atoms with Gasteiger partial charge in [-0.25, -0.2) is 4.98 Å². The number of nitrogens with zero attached hydrogens (tertiary/aromatic N) is 4. The van der Waals surface area contributed by atoms with Crippen LogP contribution < -0.4 is 5.32 Å². The van der Waals surface area contributed by atoms with Gasteiger partial charge in [-0.05, 0) is 35.9 Å². The van der Waals surface area contributed by atoms with Crippen LogP contribution in [0.1, 0.15) is 11.1 Å². The first kappa shape index (κ1) is 17.0. The van der Waals surface area contributed by atoms with E-state index >= 15 is 0 Å². The Morgan fingerprint density at radius 2 is 1.96 bits per heavy atom. The predicted molar refractivity (Wildman–Crippen MR) is 94.5 cm³/mol. The van der Waals surface area contributed by atoms with Crippen LogP contribution >= 0.6 is 0 Å². The van der Waals surface area contributed by atoms with Gasteiger partial charge in [0.15, 0.2) is 0 Å². The van der Waals surface area contributed by atoms with Gasteiger partial charge in [0.2, 0.25) is 5.82 Å². The molecule has 0 atom stereocenters. The lowest BCUT2D eigenvalue weighted by atomic mass is 10.1. The summed E-state index contributed by atoms with van der Waals surface area (Å²) in [6, 6.07) is 14.8. The Balaban J connectivity index is 2.04. The zero-order chi connectivity index (χ0) is 18.5. The number of anilines is 2. The standard InChI is InChI=1S/C18H13N5O3/c19-10-13-2-1-9-20-17(13)15-7-8-16(23(25)26)18(22-15)21-14-5-3-12(11-24)4-6-14/h1-9,24H,11H2,(H,21,22). The second-order valence-corrected chi connectivity index (χ2v) is 5.31. The first-order valence-corrected chi connectivity index (χ1v) is 7.60. The van der Waals surface area contributed by atoms with E-state index in [-0.39, 0.29) is 18.1 Å². The molecule has 8 heteroatoms. The summed E-state index contributed by atoms with van der Waals surface area (Å²) in [5.74, 6) is 0.0405. The van der Waals surface area contributed by atoms with E-state index in [1.165, 1.54) is 18.3 Å². The van der Waals surface area contributed by atoms with Crippen molar-refractivity contribution in [3.63, 3.8) is 0 Å². The van der Waals surface area contributed by atoms with E-state index in [0.717, 1.165) is 5.56 Å². The van der Waals surface area contributed by atoms with Crippen LogP contribution in [0.15, 0.2) is 54.7 Å². The van der Waals surface area contributed by atoms with Crippen LogP contribution in [0.2, 0.25) is 0 Å². The van der Waals surface area contributed by atoms with Gasteiger partial charge in [-0.1, -0.05) is 12.1 Å². The molecule has 2 aromatic heterocycles. The largest absolute Gasteiger partial charge is 0.392 e. The number of rotatable bonds is 5. The van der Waals surface area contributed by atoms with Crippen LogP contribution in [0.3, 0.4) is 0 Å². The van der Waals surface area contributed by atoms with Crippen LogP contribution in [0.25, 0.3) is 11.4 Å². The fourth-order valence-corrected chi connectivity index (χ4v) is 2.35. The average Bonchev–Trinajstić information content (AvgIpc) is 2.68. The molecule has 0 radical (unpaired) electrons. The third kappa shape index (κ3) is 3.48. The lowest BCUT2D eigenvalue weighted by Crippen LogP contribution is -2.02. The third-order valence-electron chi connectivity index (χ3n) is 3.64. The number of benzene rings is 1. The summed E-state index contributed by atoms with van der Waals surface area (Å²) >= 11 is 0. The molecule has 0 saturated heterocycles. The minimum absolute atomic E-state index is 0.0405. The molecular weight excluding hydrogens is 334 g/mol. The number of nitriles is 1. The van der Waals surface area contributed by atoms with Crippen LogP contribution in [0.5, 0.6) is 0 Å². The van der Waals surface area contributed by atoms with Crippen LogP contribution in [0, 0.1) is 21.4 Å². The summed E-state index contributed by atoms with van der Waals surface area (Å²) in [5, 5.41) is 32.5. The first-order valence-electron chi connectivity index (χ1n) is 7.60. The van der Waals surface area contributed by atoms with E-state index in [2.05, 4.69) is 15.3 Å². The van der Waals surface area contributed by atoms with Crippen molar-refractivity contribution in [3.05, 3.63) is 76.0 Å². The van der Waals surface area contributed by atoms with Gasteiger partial charge in [-0.15, -0.1) is 0 Å². The highest BCUT2D eigenvalue weighted by Gasteiger charge is 2.18. The Bertz CT molecular complexity index is 996. The van der Waals surface area contributed by atoms with Crippen molar-refractivity contribution in [1.82, 2.24) is 9.97 Å². The molecule has 0 amide bonds. The number of nitrogens with one attached hydrogen (secondary N) is 1. The van der Waals surface area contributed by atoms with Crippen molar-refractivity contribution < 1.29 is 10.0 Å². The van der Waals surface area contributed by atoms with Crippen LogP contribution in [-0.4, -0.2) is 20.0 Å². The van der Waals surface area contributed by atoms with E-state index in [9.17, 15) is 15.4 Å². The fraction of sp³-hybridized carbons (Fsp3) is 0.0556. The van der Waals surface area contributed by atoms with Gasteiger partial charge in [-0.2, -0.15) is 5.26 Å². The van der Waals surface area contributed by atoms with Crippen molar-refractivity contribution >= 4 is 17.2 Å². The second kappa shape index (κ2) is 7.38. The summed E-state index contributed by atoms with van der Waals surface area (Å²) < 4.78 is 0. The van der Waals surface area contributed by atoms with Gasteiger partial charge in [0.25, 0.3) is 0 Å². The van der Waals surface area contributed by atoms with Gasteiger partial charge in [-0.3, -0.25) is 15.1 Å². The number of nitro groups is 1. The maximum atomic E-state index is 11.3. The first-order chi connectivity index (χ1) is 12.6. The van der Waals surface area contributed by atoms with Gasteiger partial charge in [0.05, 0.1) is 22.8 Å². The van der Waals surface area contributed by atoms with Gasteiger partial charge >= 0.3 is 5.69 Å². The maximum Gasteiger partial charge on any atom is 0.311 e. The molecule has 3 rings (SSSR count). The van der Waals surface area contributed by atoms with Crippen molar-refractivity contribution in [3.8, 4) is 17.5 Å². The summed E-state index contributed by atoms with van der Waals surface area (Å²) in [6.07, 6.45) is 1.53. The quantitative estimate of drug-likeness (QED) is 0.536. The zero-order valence-electron chi connectivity index (χ0n) is 13.5. The highest BCUT2D eigenvalue weighted by Crippen LogP contribution is 2.29. The molecule has 0 fully saturated rings. The van der Waals surface area contributed by atoms with Crippen LogP contribution in [0.4, 0.5) is 17.2 Å². The molecule has 1 aromatic carbocycles. The predicted octanol–water partition coefficient (Wildman–Crippen LogP) is 3.16. The molecule has 0 spiro atoms. The Kier molecular flexibility index (Phi) is 4.83. The number of hydrogen-bond donors (Lipinski definition) is 2.